The van der Waals surface area contributed by atoms with Crippen molar-refractivity contribution in [3.05, 3.63) is 29.8 Å². The second-order valence-corrected chi connectivity index (χ2v) is 5.27. The first-order valence-electron chi connectivity index (χ1n) is 7.56. The van der Waals surface area contributed by atoms with Gasteiger partial charge in [0.1, 0.15) is 6.54 Å². The number of hydrogen-bond acceptors (Lipinski definition) is 4. The van der Waals surface area contributed by atoms with E-state index in [-0.39, 0.29) is 18.5 Å². The Hall–Kier alpha value is -2.50. The predicted molar refractivity (Wildman–Crippen MR) is 85.6 cm³/mol. The number of carbonyl (C=O) groups is 2. The number of nitrogens with zero attached hydrogens (tertiary/aromatic N) is 1. The molecule has 0 atom stereocenters. The monoisotopic (exact) mass is 319 g/mol. The van der Waals surface area contributed by atoms with Crippen molar-refractivity contribution in [2.75, 3.05) is 20.3 Å². The van der Waals surface area contributed by atoms with Crippen LogP contribution in [0.1, 0.15) is 25.3 Å². The molecule has 6 heteroatoms. The number of carboxylic acid groups (broad SMARTS) is 1. The number of ether oxygens (including phenoxy) is 2. The SMILES string of the molecule is CCOc1ccc(C=CC(=O)N(CC(=O)O)C2CC2)cc1OC. The molecule has 0 aromatic heterocycles. The molecule has 1 saturated carbocycles. The molecule has 0 bridgehead atoms. The van der Waals surface area contributed by atoms with Gasteiger partial charge in [0.15, 0.2) is 11.5 Å². The summed E-state index contributed by atoms with van der Waals surface area (Å²) in [5.41, 5.74) is 0.782. The van der Waals surface area contributed by atoms with E-state index in [1.54, 1.807) is 25.3 Å². The van der Waals surface area contributed by atoms with Crippen LogP contribution in [-0.4, -0.2) is 48.2 Å². The molecule has 0 saturated heterocycles. The van der Waals surface area contributed by atoms with E-state index < -0.39 is 5.97 Å². The van der Waals surface area contributed by atoms with Crippen molar-refractivity contribution in [3.63, 3.8) is 0 Å². The maximum absolute atomic E-state index is 12.2. The summed E-state index contributed by atoms with van der Waals surface area (Å²) in [6.07, 6.45) is 4.78. The number of aliphatic carboxylic acids is 1. The number of carbonyl (C=O) groups excluding carboxylic acids is 1. The maximum atomic E-state index is 12.2. The number of amides is 1. The minimum Gasteiger partial charge on any atom is -0.493 e. The van der Waals surface area contributed by atoms with Crippen LogP contribution in [0, 0.1) is 0 Å². The fourth-order valence-corrected chi connectivity index (χ4v) is 2.24. The smallest absolute Gasteiger partial charge is 0.323 e. The summed E-state index contributed by atoms with van der Waals surface area (Å²) in [6.45, 7) is 2.16. The van der Waals surface area contributed by atoms with Crippen LogP contribution in [0.2, 0.25) is 0 Å². The van der Waals surface area contributed by atoms with E-state index in [2.05, 4.69) is 0 Å². The van der Waals surface area contributed by atoms with E-state index in [0.717, 1.165) is 18.4 Å². The molecular weight excluding hydrogens is 298 g/mol. The zero-order valence-electron chi connectivity index (χ0n) is 13.3. The van der Waals surface area contributed by atoms with Crippen LogP contribution < -0.4 is 9.47 Å². The van der Waals surface area contributed by atoms with Gasteiger partial charge in [-0.1, -0.05) is 6.07 Å². The van der Waals surface area contributed by atoms with Crippen LogP contribution in [0.4, 0.5) is 0 Å². The van der Waals surface area contributed by atoms with E-state index in [4.69, 9.17) is 14.6 Å². The van der Waals surface area contributed by atoms with E-state index in [1.165, 1.54) is 11.0 Å². The zero-order valence-corrected chi connectivity index (χ0v) is 13.3. The highest BCUT2D eigenvalue weighted by atomic mass is 16.5. The van der Waals surface area contributed by atoms with Crippen LogP contribution in [0.15, 0.2) is 24.3 Å². The summed E-state index contributed by atoms with van der Waals surface area (Å²) >= 11 is 0. The fourth-order valence-electron chi connectivity index (χ4n) is 2.24. The molecule has 1 aliphatic carbocycles. The van der Waals surface area contributed by atoms with Gasteiger partial charge >= 0.3 is 5.97 Å². The predicted octanol–water partition coefficient (Wildman–Crippen LogP) is 2.18. The van der Waals surface area contributed by atoms with Crippen molar-refractivity contribution >= 4 is 18.0 Å². The van der Waals surface area contributed by atoms with Gasteiger partial charge in [-0.15, -0.1) is 0 Å². The van der Waals surface area contributed by atoms with Crippen molar-refractivity contribution in [2.45, 2.75) is 25.8 Å². The molecule has 1 fully saturated rings. The van der Waals surface area contributed by atoms with Crippen molar-refractivity contribution in [1.29, 1.82) is 0 Å². The largest absolute Gasteiger partial charge is 0.493 e. The molecule has 0 aliphatic heterocycles. The average molecular weight is 319 g/mol. The first-order chi connectivity index (χ1) is 11.0. The average Bonchev–Trinajstić information content (AvgIpc) is 3.36. The molecule has 0 unspecified atom stereocenters. The van der Waals surface area contributed by atoms with Gasteiger partial charge in [0, 0.05) is 12.1 Å². The highest BCUT2D eigenvalue weighted by Crippen LogP contribution is 2.29. The molecule has 1 aliphatic rings. The molecule has 6 nitrogen and oxygen atoms in total. The number of rotatable bonds is 8. The van der Waals surface area contributed by atoms with Crippen molar-refractivity contribution < 1.29 is 24.2 Å². The van der Waals surface area contributed by atoms with Gasteiger partial charge in [0.25, 0.3) is 0 Å². The lowest BCUT2D eigenvalue weighted by Gasteiger charge is -2.18. The highest BCUT2D eigenvalue weighted by molar-refractivity contribution is 5.94. The normalized spacial score (nSPS) is 13.8. The van der Waals surface area contributed by atoms with Crippen LogP contribution in [-0.2, 0) is 9.59 Å². The van der Waals surface area contributed by atoms with Gasteiger partial charge in [-0.25, -0.2) is 0 Å². The molecule has 0 radical (unpaired) electrons. The fraction of sp³-hybridized carbons (Fsp3) is 0.412. The molecule has 1 N–H and O–H groups in total. The Labute approximate surface area is 135 Å². The molecule has 1 aromatic carbocycles. The second-order valence-electron chi connectivity index (χ2n) is 5.27. The van der Waals surface area contributed by atoms with Gasteiger partial charge in [-0.3, -0.25) is 9.59 Å². The lowest BCUT2D eigenvalue weighted by atomic mass is 10.2. The molecule has 1 aromatic rings. The molecule has 0 spiro atoms. The van der Waals surface area contributed by atoms with Crippen LogP contribution >= 0.6 is 0 Å². The van der Waals surface area contributed by atoms with Gasteiger partial charge in [0.2, 0.25) is 5.91 Å². The van der Waals surface area contributed by atoms with Crippen LogP contribution in [0.5, 0.6) is 11.5 Å². The third-order valence-corrected chi connectivity index (χ3v) is 3.48. The quantitative estimate of drug-likeness (QED) is 0.743. The first-order valence-corrected chi connectivity index (χ1v) is 7.56. The Morgan fingerprint density at radius 3 is 2.65 bits per heavy atom. The van der Waals surface area contributed by atoms with Gasteiger partial charge in [0.05, 0.1) is 13.7 Å². The van der Waals surface area contributed by atoms with Crippen molar-refractivity contribution in [3.8, 4) is 11.5 Å². The van der Waals surface area contributed by atoms with Gasteiger partial charge in [-0.2, -0.15) is 0 Å². The lowest BCUT2D eigenvalue weighted by Crippen LogP contribution is -2.36. The minimum atomic E-state index is -0.999. The summed E-state index contributed by atoms with van der Waals surface area (Å²) in [5.74, 6) is -0.0564. The summed E-state index contributed by atoms with van der Waals surface area (Å²) in [7, 11) is 1.55. The summed E-state index contributed by atoms with van der Waals surface area (Å²) < 4.78 is 10.7. The minimum absolute atomic E-state index is 0.0538. The number of methoxy groups -OCH3 is 1. The first kappa shape index (κ1) is 16.9. The van der Waals surface area contributed by atoms with E-state index in [9.17, 15) is 9.59 Å². The number of carboxylic acids is 1. The maximum Gasteiger partial charge on any atom is 0.323 e. The topological polar surface area (TPSA) is 76.1 Å². The van der Waals surface area contributed by atoms with Gasteiger partial charge in [-0.05, 0) is 43.5 Å². The molecule has 23 heavy (non-hydrogen) atoms. The van der Waals surface area contributed by atoms with E-state index >= 15 is 0 Å². The highest BCUT2D eigenvalue weighted by Gasteiger charge is 2.32. The standard InChI is InChI=1S/C17H21NO5/c1-3-23-14-8-4-12(10-15(14)22-2)5-9-16(19)18(11-17(20)21)13-6-7-13/h4-5,8-10,13H,3,6-7,11H2,1-2H3,(H,20,21). The lowest BCUT2D eigenvalue weighted by molar-refractivity contribution is -0.143. The Morgan fingerprint density at radius 1 is 1.35 bits per heavy atom. The third kappa shape index (κ3) is 4.74. The molecule has 124 valence electrons. The molecule has 2 rings (SSSR count). The van der Waals surface area contributed by atoms with Crippen molar-refractivity contribution in [2.24, 2.45) is 0 Å². The number of hydrogen-bond donors (Lipinski definition) is 1. The Balaban J connectivity index is 2.09. The Morgan fingerprint density at radius 2 is 2.09 bits per heavy atom. The summed E-state index contributed by atoms with van der Waals surface area (Å²) in [5, 5.41) is 8.90. The van der Waals surface area contributed by atoms with Crippen molar-refractivity contribution in [1.82, 2.24) is 4.90 Å². The third-order valence-electron chi connectivity index (χ3n) is 3.48. The Kier molecular flexibility index (Phi) is 5.62. The summed E-state index contributed by atoms with van der Waals surface area (Å²) in [4.78, 5) is 24.4. The molecule has 1 amide bonds. The van der Waals surface area contributed by atoms with Gasteiger partial charge < -0.3 is 19.5 Å². The second kappa shape index (κ2) is 7.67. The molecular formula is C17H21NO5. The van der Waals surface area contributed by atoms with Crippen LogP contribution in [0.3, 0.4) is 0 Å². The summed E-state index contributed by atoms with van der Waals surface area (Å²) in [6, 6.07) is 5.42. The Bertz CT molecular complexity index is 607. The van der Waals surface area contributed by atoms with Crippen LogP contribution in [0.25, 0.3) is 6.08 Å². The van der Waals surface area contributed by atoms with E-state index in [0.29, 0.717) is 18.1 Å². The van der Waals surface area contributed by atoms with E-state index in [1.807, 2.05) is 13.0 Å². The zero-order chi connectivity index (χ0) is 16.8. The molecule has 0 heterocycles. The number of benzene rings is 1.